The quantitative estimate of drug-likeness (QED) is 0.434. The summed E-state index contributed by atoms with van der Waals surface area (Å²) in [5.41, 5.74) is 3.22. The summed E-state index contributed by atoms with van der Waals surface area (Å²) in [5.74, 6) is 1.37. The van der Waals surface area contributed by atoms with Crippen molar-refractivity contribution in [1.29, 1.82) is 0 Å². The van der Waals surface area contributed by atoms with Crippen molar-refractivity contribution in [2.45, 2.75) is 13.8 Å². The summed E-state index contributed by atoms with van der Waals surface area (Å²) in [7, 11) is 0. The number of aryl methyl sites for hydroxylation is 2. The minimum atomic E-state index is -0.301. The summed E-state index contributed by atoms with van der Waals surface area (Å²) in [6.07, 6.45) is 3.16. The lowest BCUT2D eigenvalue weighted by Crippen LogP contribution is -2.22. The first-order valence-corrected chi connectivity index (χ1v) is 10.4. The minimum absolute atomic E-state index is 0.125. The van der Waals surface area contributed by atoms with E-state index in [2.05, 4.69) is 25.5 Å². The van der Waals surface area contributed by atoms with Crippen LogP contribution >= 0.6 is 0 Å². The first-order valence-electron chi connectivity index (χ1n) is 10.4. The molecule has 0 unspecified atom stereocenters. The molecule has 9 heteroatoms. The van der Waals surface area contributed by atoms with Crippen LogP contribution in [0.25, 0.3) is 22.5 Å². The highest BCUT2D eigenvalue weighted by molar-refractivity contribution is 5.92. The number of para-hydroxylation sites is 2. The fraction of sp³-hybridized carbons (Fsp3) is 0.125. The molecule has 5 rings (SSSR count). The van der Waals surface area contributed by atoms with Crippen molar-refractivity contribution in [3.8, 4) is 17.3 Å². The molecule has 0 saturated carbocycles. The molecule has 0 bridgehead atoms. The number of benzene rings is 2. The Morgan fingerprint density at radius 3 is 2.61 bits per heavy atom. The van der Waals surface area contributed by atoms with Gasteiger partial charge in [0.1, 0.15) is 17.9 Å². The van der Waals surface area contributed by atoms with Crippen molar-refractivity contribution < 1.29 is 9.53 Å². The number of ether oxygens (including phenoxy) is 1. The molecule has 9 nitrogen and oxygen atoms in total. The molecule has 0 aliphatic heterocycles. The Bertz CT molecular complexity index is 1440. The van der Waals surface area contributed by atoms with Crippen molar-refractivity contribution >= 4 is 22.8 Å². The second-order valence-electron chi connectivity index (χ2n) is 7.51. The average molecular weight is 439 g/mol. The summed E-state index contributed by atoms with van der Waals surface area (Å²) in [6.45, 7) is 3.66. The van der Waals surface area contributed by atoms with Crippen LogP contribution in [0.2, 0.25) is 0 Å². The Morgan fingerprint density at radius 2 is 1.79 bits per heavy atom. The highest BCUT2D eigenvalue weighted by atomic mass is 16.5. The van der Waals surface area contributed by atoms with Gasteiger partial charge in [0.15, 0.2) is 18.1 Å². The summed E-state index contributed by atoms with van der Waals surface area (Å²) in [4.78, 5) is 21.5. The van der Waals surface area contributed by atoms with Crippen LogP contribution < -0.4 is 10.1 Å². The van der Waals surface area contributed by atoms with E-state index in [0.29, 0.717) is 28.4 Å². The third-order valence-corrected chi connectivity index (χ3v) is 5.10. The molecule has 3 aromatic heterocycles. The van der Waals surface area contributed by atoms with Gasteiger partial charge in [0.05, 0.1) is 23.0 Å². The number of hydrogen-bond acceptors (Lipinski definition) is 6. The Morgan fingerprint density at radius 1 is 1.00 bits per heavy atom. The monoisotopic (exact) mass is 439 g/mol. The third kappa shape index (κ3) is 4.03. The lowest BCUT2D eigenvalue weighted by atomic mass is 10.2. The predicted molar refractivity (Wildman–Crippen MR) is 124 cm³/mol. The molecular weight excluding hydrogens is 418 g/mol. The number of nitrogens with one attached hydrogen (secondary N) is 1. The molecule has 0 aliphatic rings. The van der Waals surface area contributed by atoms with Crippen LogP contribution in [-0.4, -0.2) is 42.0 Å². The van der Waals surface area contributed by atoms with E-state index >= 15 is 0 Å². The topological polar surface area (TPSA) is 99.7 Å². The molecule has 0 saturated heterocycles. The Kier molecular flexibility index (Phi) is 5.27. The van der Waals surface area contributed by atoms with Gasteiger partial charge in [0.2, 0.25) is 0 Å². The van der Waals surface area contributed by atoms with Crippen molar-refractivity contribution in [2.75, 3.05) is 11.9 Å². The summed E-state index contributed by atoms with van der Waals surface area (Å²) >= 11 is 0. The van der Waals surface area contributed by atoms with Crippen molar-refractivity contribution in [3.05, 3.63) is 84.4 Å². The maximum absolute atomic E-state index is 12.6. The second kappa shape index (κ2) is 8.54. The van der Waals surface area contributed by atoms with Crippen LogP contribution in [0.4, 0.5) is 5.82 Å². The van der Waals surface area contributed by atoms with Crippen molar-refractivity contribution in [1.82, 2.24) is 29.5 Å². The molecule has 0 fully saturated rings. The van der Waals surface area contributed by atoms with Gasteiger partial charge in [-0.1, -0.05) is 36.4 Å². The maximum Gasteiger partial charge on any atom is 0.263 e. The van der Waals surface area contributed by atoms with E-state index in [4.69, 9.17) is 4.74 Å². The highest BCUT2D eigenvalue weighted by Crippen LogP contribution is 2.24. The highest BCUT2D eigenvalue weighted by Gasteiger charge is 2.18. The standard InChI is InChI=1S/C24H21N7O2/c1-16-8-6-7-11-20(16)33-14-22(32)28-21-12-17(2)29-31(21)24-19-13-27-30(23(19)25-15-26-24)18-9-4-3-5-10-18/h3-13,15H,14H2,1-2H3,(H,28,32). The molecule has 0 spiro atoms. The van der Waals surface area contributed by atoms with Crippen LogP contribution in [0.5, 0.6) is 5.75 Å². The molecule has 164 valence electrons. The third-order valence-electron chi connectivity index (χ3n) is 5.10. The van der Waals surface area contributed by atoms with E-state index in [9.17, 15) is 4.79 Å². The van der Waals surface area contributed by atoms with Gasteiger partial charge in [-0.2, -0.15) is 14.9 Å². The van der Waals surface area contributed by atoms with Gasteiger partial charge in [-0.3, -0.25) is 4.79 Å². The predicted octanol–water partition coefficient (Wildman–Crippen LogP) is 3.64. The summed E-state index contributed by atoms with van der Waals surface area (Å²) < 4.78 is 8.99. The minimum Gasteiger partial charge on any atom is -0.483 e. The van der Waals surface area contributed by atoms with E-state index in [1.807, 2.05) is 68.4 Å². The number of rotatable bonds is 6. The largest absolute Gasteiger partial charge is 0.483 e. The fourth-order valence-corrected chi connectivity index (χ4v) is 3.55. The lowest BCUT2D eigenvalue weighted by Gasteiger charge is -2.11. The Labute approximate surface area is 189 Å². The molecule has 2 aromatic carbocycles. The molecular formula is C24H21N7O2. The van der Waals surface area contributed by atoms with E-state index in [-0.39, 0.29) is 12.5 Å². The molecule has 0 radical (unpaired) electrons. The SMILES string of the molecule is Cc1cc(NC(=O)COc2ccccc2C)n(-c2ncnc3c2cnn3-c2ccccc2)n1. The van der Waals surface area contributed by atoms with Gasteiger partial charge in [-0.15, -0.1) is 0 Å². The maximum atomic E-state index is 12.6. The molecule has 0 atom stereocenters. The van der Waals surface area contributed by atoms with E-state index < -0.39 is 0 Å². The van der Waals surface area contributed by atoms with Gasteiger partial charge in [-0.05, 0) is 37.6 Å². The Balaban J connectivity index is 1.44. The van der Waals surface area contributed by atoms with Gasteiger partial charge >= 0.3 is 0 Å². The van der Waals surface area contributed by atoms with E-state index in [1.54, 1.807) is 21.6 Å². The number of carbonyl (C=O) groups is 1. The van der Waals surface area contributed by atoms with Crippen LogP contribution in [0, 0.1) is 13.8 Å². The molecule has 33 heavy (non-hydrogen) atoms. The summed E-state index contributed by atoms with van der Waals surface area (Å²) in [6, 6.07) is 19.1. The van der Waals surface area contributed by atoms with Crippen LogP contribution in [0.15, 0.2) is 73.2 Å². The number of nitrogens with zero attached hydrogens (tertiary/aromatic N) is 6. The first-order chi connectivity index (χ1) is 16.1. The fourth-order valence-electron chi connectivity index (χ4n) is 3.55. The van der Waals surface area contributed by atoms with Crippen LogP contribution in [0.1, 0.15) is 11.3 Å². The molecule has 0 aliphatic carbocycles. The number of anilines is 1. The first kappa shape index (κ1) is 20.4. The zero-order valence-electron chi connectivity index (χ0n) is 18.1. The second-order valence-corrected chi connectivity index (χ2v) is 7.51. The van der Waals surface area contributed by atoms with E-state index in [0.717, 1.165) is 16.9 Å². The van der Waals surface area contributed by atoms with Gasteiger partial charge < -0.3 is 10.1 Å². The number of carbonyl (C=O) groups excluding carboxylic acids is 1. The average Bonchev–Trinajstić information content (AvgIpc) is 3.42. The van der Waals surface area contributed by atoms with Crippen molar-refractivity contribution in [3.63, 3.8) is 0 Å². The molecule has 5 aromatic rings. The zero-order chi connectivity index (χ0) is 22.8. The number of fused-ring (bicyclic) bond motifs is 1. The van der Waals surface area contributed by atoms with Crippen LogP contribution in [0.3, 0.4) is 0 Å². The van der Waals surface area contributed by atoms with Gasteiger partial charge in [0, 0.05) is 6.07 Å². The molecule has 3 heterocycles. The van der Waals surface area contributed by atoms with Gasteiger partial charge in [-0.25, -0.2) is 14.6 Å². The number of amides is 1. The van der Waals surface area contributed by atoms with Gasteiger partial charge in [0.25, 0.3) is 5.91 Å². The number of aromatic nitrogens is 6. The smallest absolute Gasteiger partial charge is 0.263 e. The van der Waals surface area contributed by atoms with E-state index in [1.165, 1.54) is 6.33 Å². The normalized spacial score (nSPS) is 11.0. The summed E-state index contributed by atoms with van der Waals surface area (Å²) in [5, 5.41) is 12.6. The lowest BCUT2D eigenvalue weighted by molar-refractivity contribution is -0.118. The number of hydrogen-bond donors (Lipinski definition) is 1. The van der Waals surface area contributed by atoms with Crippen LogP contribution in [-0.2, 0) is 4.79 Å². The Hall–Kier alpha value is -4.53. The molecule has 1 N–H and O–H groups in total. The zero-order valence-corrected chi connectivity index (χ0v) is 18.1. The van der Waals surface area contributed by atoms with Crippen molar-refractivity contribution in [2.24, 2.45) is 0 Å². The molecule has 1 amide bonds.